The van der Waals surface area contributed by atoms with Gasteiger partial charge in [0.15, 0.2) is 5.17 Å². The molecule has 1 saturated heterocycles. The molecule has 0 N–H and O–H groups in total. The third-order valence-corrected chi connectivity index (χ3v) is 6.94. The number of aliphatic imine (C=N–C) groups is 1. The summed E-state index contributed by atoms with van der Waals surface area (Å²) < 4.78 is 0. The summed E-state index contributed by atoms with van der Waals surface area (Å²) in [7, 11) is 0. The standard InChI is InChI=1S/C22H18N2OS2/c25-19-14-27-22-23-20-17(11-15-7-3-1-4-8-15)12-26-13-18(20)21(24(19)22)16-9-5-2-6-10-16/h1-11,21H,12-14H2/b17-11+. The summed E-state index contributed by atoms with van der Waals surface area (Å²) >= 11 is 3.46. The summed E-state index contributed by atoms with van der Waals surface area (Å²) in [4.78, 5) is 19.5. The van der Waals surface area contributed by atoms with Gasteiger partial charge in [0, 0.05) is 11.5 Å². The van der Waals surface area contributed by atoms with Crippen molar-refractivity contribution in [3.63, 3.8) is 0 Å². The van der Waals surface area contributed by atoms with Crippen LogP contribution in [0.3, 0.4) is 0 Å². The van der Waals surface area contributed by atoms with Crippen LogP contribution in [-0.4, -0.2) is 33.2 Å². The van der Waals surface area contributed by atoms with Crippen molar-refractivity contribution in [3.8, 4) is 0 Å². The van der Waals surface area contributed by atoms with Gasteiger partial charge in [-0.15, -0.1) is 0 Å². The Bertz CT molecular complexity index is 980. The van der Waals surface area contributed by atoms with Crippen LogP contribution in [-0.2, 0) is 4.79 Å². The second-order valence-corrected chi connectivity index (χ2v) is 8.64. The first-order valence-electron chi connectivity index (χ1n) is 8.96. The lowest BCUT2D eigenvalue weighted by atomic mass is 9.92. The van der Waals surface area contributed by atoms with Gasteiger partial charge in [-0.05, 0) is 28.3 Å². The van der Waals surface area contributed by atoms with Crippen molar-refractivity contribution in [3.05, 3.63) is 88.6 Å². The van der Waals surface area contributed by atoms with E-state index >= 15 is 0 Å². The molecule has 0 bridgehead atoms. The van der Waals surface area contributed by atoms with E-state index < -0.39 is 0 Å². The van der Waals surface area contributed by atoms with Gasteiger partial charge in [-0.3, -0.25) is 9.69 Å². The zero-order valence-electron chi connectivity index (χ0n) is 14.7. The van der Waals surface area contributed by atoms with E-state index in [9.17, 15) is 4.79 Å². The van der Waals surface area contributed by atoms with Crippen LogP contribution >= 0.6 is 23.5 Å². The zero-order chi connectivity index (χ0) is 18.2. The smallest absolute Gasteiger partial charge is 0.239 e. The van der Waals surface area contributed by atoms with Crippen LogP contribution in [0, 0.1) is 0 Å². The molecule has 3 nitrogen and oxygen atoms in total. The topological polar surface area (TPSA) is 32.7 Å². The molecule has 134 valence electrons. The molecule has 5 heteroatoms. The maximum Gasteiger partial charge on any atom is 0.239 e. The van der Waals surface area contributed by atoms with Gasteiger partial charge in [0.05, 0.1) is 17.5 Å². The minimum absolute atomic E-state index is 0.0387. The van der Waals surface area contributed by atoms with Crippen molar-refractivity contribution >= 4 is 40.7 Å². The predicted molar refractivity (Wildman–Crippen MR) is 115 cm³/mol. The molecule has 0 aliphatic carbocycles. The van der Waals surface area contributed by atoms with Crippen LogP contribution in [0.2, 0.25) is 0 Å². The molecule has 1 atom stereocenters. The summed E-state index contributed by atoms with van der Waals surface area (Å²) in [5.41, 5.74) is 5.94. The molecule has 0 saturated carbocycles. The van der Waals surface area contributed by atoms with E-state index in [4.69, 9.17) is 4.99 Å². The zero-order valence-corrected chi connectivity index (χ0v) is 16.3. The van der Waals surface area contributed by atoms with Crippen LogP contribution < -0.4 is 0 Å². The van der Waals surface area contributed by atoms with Crippen molar-refractivity contribution in [1.29, 1.82) is 0 Å². The molecule has 5 rings (SSSR count). The van der Waals surface area contributed by atoms with Gasteiger partial charge in [-0.25, -0.2) is 4.99 Å². The number of amidine groups is 1. The van der Waals surface area contributed by atoms with E-state index in [-0.39, 0.29) is 11.9 Å². The van der Waals surface area contributed by atoms with Gasteiger partial charge in [-0.1, -0.05) is 72.4 Å². The van der Waals surface area contributed by atoms with Gasteiger partial charge in [-0.2, -0.15) is 11.8 Å². The molecule has 0 aromatic heterocycles. The van der Waals surface area contributed by atoms with Crippen molar-refractivity contribution < 1.29 is 4.79 Å². The first-order valence-corrected chi connectivity index (χ1v) is 11.1. The maximum absolute atomic E-state index is 12.6. The quantitative estimate of drug-likeness (QED) is 0.741. The van der Waals surface area contributed by atoms with Crippen molar-refractivity contribution in [2.75, 3.05) is 17.3 Å². The SMILES string of the molecule is O=C1CSC2=NC3=C(CSC/C3=C\c3ccccc3)C(c3ccccc3)N12. The fraction of sp³-hybridized carbons (Fsp3) is 0.182. The van der Waals surface area contributed by atoms with Crippen LogP contribution in [0.5, 0.6) is 0 Å². The molecule has 0 spiro atoms. The van der Waals surface area contributed by atoms with Crippen LogP contribution in [0.4, 0.5) is 0 Å². The molecule has 3 aliphatic heterocycles. The molecule has 3 heterocycles. The lowest BCUT2D eigenvalue weighted by molar-refractivity contribution is -0.125. The number of rotatable bonds is 2. The largest absolute Gasteiger partial charge is 0.279 e. The van der Waals surface area contributed by atoms with Crippen LogP contribution in [0.1, 0.15) is 17.2 Å². The Kier molecular flexibility index (Phi) is 4.42. The highest BCUT2D eigenvalue weighted by atomic mass is 32.2. The first kappa shape index (κ1) is 16.9. The normalized spacial score (nSPS) is 23.3. The number of hydrogen-bond donors (Lipinski definition) is 0. The van der Waals surface area contributed by atoms with E-state index in [1.807, 2.05) is 40.9 Å². The fourth-order valence-electron chi connectivity index (χ4n) is 3.78. The van der Waals surface area contributed by atoms with E-state index in [0.717, 1.165) is 27.9 Å². The Labute approximate surface area is 167 Å². The molecule has 1 fully saturated rings. The highest BCUT2D eigenvalue weighted by molar-refractivity contribution is 8.15. The summed E-state index contributed by atoms with van der Waals surface area (Å²) in [6.45, 7) is 0. The lowest BCUT2D eigenvalue weighted by Gasteiger charge is -2.37. The summed E-state index contributed by atoms with van der Waals surface area (Å²) in [6, 6.07) is 20.7. The average Bonchev–Trinajstić information content (AvgIpc) is 3.09. The number of amides is 1. The van der Waals surface area contributed by atoms with Gasteiger partial charge in [0.25, 0.3) is 0 Å². The minimum atomic E-state index is -0.0387. The van der Waals surface area contributed by atoms with Gasteiger partial charge in [0.2, 0.25) is 5.91 Å². The molecule has 0 radical (unpaired) electrons. The molecular formula is C22H18N2OS2. The Morgan fingerprint density at radius 1 is 0.963 bits per heavy atom. The Morgan fingerprint density at radius 3 is 2.48 bits per heavy atom. The number of fused-ring (bicyclic) bond motifs is 1. The van der Waals surface area contributed by atoms with Crippen molar-refractivity contribution in [2.45, 2.75) is 6.04 Å². The molecule has 3 aliphatic rings. The molecule has 2 aromatic rings. The summed E-state index contributed by atoms with van der Waals surface area (Å²) in [5, 5.41) is 0.846. The number of benzene rings is 2. The van der Waals surface area contributed by atoms with E-state index in [2.05, 4.69) is 42.5 Å². The van der Waals surface area contributed by atoms with Crippen molar-refractivity contribution in [1.82, 2.24) is 4.90 Å². The third-order valence-electron chi connectivity index (χ3n) is 4.97. The monoisotopic (exact) mass is 390 g/mol. The molecule has 1 amide bonds. The van der Waals surface area contributed by atoms with E-state index in [1.54, 1.807) is 11.8 Å². The third kappa shape index (κ3) is 3.05. The minimum Gasteiger partial charge on any atom is -0.279 e. The highest BCUT2D eigenvalue weighted by Gasteiger charge is 2.42. The first-order chi connectivity index (χ1) is 13.3. The number of carbonyl (C=O) groups excluding carboxylic acids is 1. The predicted octanol–water partition coefficient (Wildman–Crippen LogP) is 4.76. The van der Waals surface area contributed by atoms with Crippen molar-refractivity contribution in [2.24, 2.45) is 4.99 Å². The maximum atomic E-state index is 12.6. The average molecular weight is 391 g/mol. The van der Waals surface area contributed by atoms with Gasteiger partial charge < -0.3 is 0 Å². The van der Waals surface area contributed by atoms with Crippen LogP contribution in [0.15, 0.2) is 82.5 Å². The number of hydrogen-bond acceptors (Lipinski definition) is 4. The molecule has 2 aromatic carbocycles. The Morgan fingerprint density at radius 2 is 1.70 bits per heavy atom. The number of allylic oxidation sites excluding steroid dienone is 1. The van der Waals surface area contributed by atoms with E-state index in [1.165, 1.54) is 16.7 Å². The summed E-state index contributed by atoms with van der Waals surface area (Å²) in [5.74, 6) is 2.49. The molecule has 27 heavy (non-hydrogen) atoms. The number of thioether (sulfide) groups is 2. The fourth-order valence-corrected chi connectivity index (χ4v) is 5.73. The molecule has 1 unspecified atom stereocenters. The van der Waals surface area contributed by atoms with Gasteiger partial charge in [0.1, 0.15) is 0 Å². The second-order valence-electron chi connectivity index (χ2n) is 6.71. The van der Waals surface area contributed by atoms with E-state index in [0.29, 0.717) is 5.75 Å². The Balaban J connectivity index is 1.66. The Hall–Kier alpha value is -2.24. The van der Waals surface area contributed by atoms with Crippen LogP contribution in [0.25, 0.3) is 6.08 Å². The number of carbonyl (C=O) groups is 1. The highest BCUT2D eigenvalue weighted by Crippen LogP contribution is 2.46. The number of nitrogens with zero attached hydrogens (tertiary/aromatic N) is 2. The molecular weight excluding hydrogens is 372 g/mol. The lowest BCUT2D eigenvalue weighted by Crippen LogP contribution is -2.39. The summed E-state index contributed by atoms with van der Waals surface area (Å²) in [6.07, 6.45) is 2.24. The second kappa shape index (κ2) is 7.06. The van der Waals surface area contributed by atoms with Gasteiger partial charge >= 0.3 is 0 Å².